The SMILES string of the molecule is CC(C)(C)c1ccc2c(c1)B1c3cc(C(C)(C)C)ccc3N(c3cc(-c4ccccc4)cc(-c4ccccc4)c3)c3cc(-c4ncncn4)cc(c31)N2c1cc(-c2ccccc2)cc(-c2ccccc2)c1. The van der Waals surface area contributed by atoms with Gasteiger partial charge in [0.05, 0.1) is 0 Å². The molecule has 0 atom stereocenters. The first-order chi connectivity index (χ1) is 34.5. The van der Waals surface area contributed by atoms with E-state index in [9.17, 15) is 0 Å². The molecule has 9 aromatic carbocycles. The minimum Gasteiger partial charge on any atom is -0.311 e. The van der Waals surface area contributed by atoms with Crippen LogP contribution in [0.5, 0.6) is 0 Å². The fourth-order valence-electron chi connectivity index (χ4n) is 10.7. The number of hydrogen-bond donors (Lipinski definition) is 0. The van der Waals surface area contributed by atoms with E-state index in [1.165, 1.54) is 27.5 Å². The molecule has 2 aliphatic rings. The van der Waals surface area contributed by atoms with Gasteiger partial charge in [-0.05, 0) is 144 Å². The molecule has 0 unspecified atom stereocenters. The van der Waals surface area contributed by atoms with Crippen LogP contribution in [0.2, 0.25) is 0 Å². The molecular formula is C65H54BN5. The minimum atomic E-state index is -0.105. The Morgan fingerprint density at radius 3 is 1.03 bits per heavy atom. The summed E-state index contributed by atoms with van der Waals surface area (Å²) >= 11 is 0. The van der Waals surface area contributed by atoms with Crippen LogP contribution in [0.4, 0.5) is 34.1 Å². The lowest BCUT2D eigenvalue weighted by Crippen LogP contribution is -2.61. The molecule has 0 bridgehead atoms. The second kappa shape index (κ2) is 17.3. The number of fused-ring (bicyclic) bond motifs is 4. The highest BCUT2D eigenvalue weighted by Gasteiger charge is 2.45. The van der Waals surface area contributed by atoms with E-state index in [1.54, 1.807) is 12.7 Å². The van der Waals surface area contributed by atoms with Gasteiger partial charge in [-0.25, -0.2) is 15.0 Å². The van der Waals surface area contributed by atoms with Crippen molar-refractivity contribution >= 4 is 57.2 Å². The lowest BCUT2D eigenvalue weighted by molar-refractivity contribution is 0.590. The lowest BCUT2D eigenvalue weighted by atomic mass is 9.33. The Morgan fingerprint density at radius 1 is 0.338 bits per heavy atom. The van der Waals surface area contributed by atoms with Crippen molar-refractivity contribution < 1.29 is 0 Å². The number of aromatic nitrogens is 3. The number of benzene rings is 9. The van der Waals surface area contributed by atoms with Gasteiger partial charge in [0.15, 0.2) is 5.82 Å². The average molecular weight is 916 g/mol. The van der Waals surface area contributed by atoms with Gasteiger partial charge >= 0.3 is 0 Å². The molecule has 12 rings (SSSR count). The zero-order chi connectivity index (χ0) is 48.4. The van der Waals surface area contributed by atoms with E-state index < -0.39 is 0 Å². The van der Waals surface area contributed by atoms with Gasteiger partial charge in [-0.1, -0.05) is 187 Å². The van der Waals surface area contributed by atoms with Crippen LogP contribution >= 0.6 is 0 Å². The van der Waals surface area contributed by atoms with Crippen molar-refractivity contribution in [2.24, 2.45) is 0 Å². The van der Waals surface area contributed by atoms with Gasteiger partial charge in [-0.15, -0.1) is 0 Å². The van der Waals surface area contributed by atoms with Gasteiger partial charge in [-0.3, -0.25) is 0 Å². The molecule has 0 N–H and O–H groups in total. The van der Waals surface area contributed by atoms with E-state index >= 15 is 0 Å². The molecule has 342 valence electrons. The van der Waals surface area contributed by atoms with Crippen LogP contribution in [0.3, 0.4) is 0 Å². The molecule has 0 spiro atoms. The number of anilines is 6. The van der Waals surface area contributed by atoms with Crippen LogP contribution in [0.25, 0.3) is 55.9 Å². The highest BCUT2D eigenvalue weighted by atomic mass is 15.2. The zero-order valence-corrected chi connectivity index (χ0v) is 41.1. The Kier molecular flexibility index (Phi) is 10.7. The first kappa shape index (κ1) is 43.9. The Balaban J connectivity index is 1.22. The summed E-state index contributed by atoms with van der Waals surface area (Å²) in [4.78, 5) is 19.0. The summed E-state index contributed by atoms with van der Waals surface area (Å²) < 4.78 is 0. The van der Waals surface area contributed by atoms with Crippen molar-refractivity contribution in [1.82, 2.24) is 15.0 Å². The highest BCUT2D eigenvalue weighted by Crippen LogP contribution is 2.49. The molecule has 10 aromatic rings. The molecule has 0 saturated carbocycles. The Morgan fingerprint density at radius 2 is 0.690 bits per heavy atom. The number of rotatable bonds is 7. The first-order valence-electron chi connectivity index (χ1n) is 24.7. The predicted molar refractivity (Wildman–Crippen MR) is 298 cm³/mol. The largest absolute Gasteiger partial charge is 0.311 e. The van der Waals surface area contributed by atoms with E-state index in [4.69, 9.17) is 9.97 Å². The molecular weight excluding hydrogens is 862 g/mol. The van der Waals surface area contributed by atoms with Gasteiger partial charge in [0.1, 0.15) is 12.7 Å². The third-order valence-corrected chi connectivity index (χ3v) is 14.3. The van der Waals surface area contributed by atoms with Crippen molar-refractivity contribution in [3.63, 3.8) is 0 Å². The third-order valence-electron chi connectivity index (χ3n) is 14.3. The summed E-state index contributed by atoms with van der Waals surface area (Å²) in [5.74, 6) is 0.615. The predicted octanol–water partition coefficient (Wildman–Crippen LogP) is 14.9. The fraction of sp³-hybridized carbons (Fsp3) is 0.123. The zero-order valence-electron chi connectivity index (χ0n) is 41.1. The van der Waals surface area contributed by atoms with Crippen molar-refractivity contribution in [2.45, 2.75) is 52.4 Å². The monoisotopic (exact) mass is 915 g/mol. The van der Waals surface area contributed by atoms with Gasteiger partial charge in [0.2, 0.25) is 0 Å². The van der Waals surface area contributed by atoms with E-state index in [1.807, 2.05) is 0 Å². The third kappa shape index (κ3) is 8.00. The topological polar surface area (TPSA) is 45.2 Å². The van der Waals surface area contributed by atoms with Crippen molar-refractivity contribution in [3.8, 4) is 55.9 Å². The minimum absolute atomic E-state index is 0.0955. The molecule has 71 heavy (non-hydrogen) atoms. The molecule has 1 aromatic heterocycles. The molecule has 2 aliphatic heterocycles. The molecule has 5 nitrogen and oxygen atoms in total. The number of nitrogens with zero attached hydrogens (tertiary/aromatic N) is 5. The van der Waals surface area contributed by atoms with Crippen molar-refractivity contribution in [3.05, 3.63) is 230 Å². The summed E-state index contributed by atoms with van der Waals surface area (Å²) in [5, 5.41) is 0. The summed E-state index contributed by atoms with van der Waals surface area (Å²) in [6, 6.07) is 76.3. The molecule has 0 aliphatic carbocycles. The molecule has 0 fully saturated rings. The van der Waals surface area contributed by atoms with E-state index in [-0.39, 0.29) is 17.5 Å². The number of hydrogen-bond acceptors (Lipinski definition) is 5. The summed E-state index contributed by atoms with van der Waals surface area (Å²) in [7, 11) is 0. The highest BCUT2D eigenvalue weighted by molar-refractivity contribution is 7.00. The van der Waals surface area contributed by atoms with Gasteiger partial charge in [0.25, 0.3) is 6.71 Å². The van der Waals surface area contributed by atoms with Crippen LogP contribution in [0, 0.1) is 0 Å². The van der Waals surface area contributed by atoms with Crippen molar-refractivity contribution in [1.29, 1.82) is 0 Å². The van der Waals surface area contributed by atoms with E-state index in [0.29, 0.717) is 5.82 Å². The van der Waals surface area contributed by atoms with Gasteiger partial charge in [-0.2, -0.15) is 0 Å². The van der Waals surface area contributed by atoms with Gasteiger partial charge in [0, 0.05) is 39.7 Å². The van der Waals surface area contributed by atoms with Crippen LogP contribution in [0.1, 0.15) is 52.7 Å². The molecule has 0 radical (unpaired) electrons. The Labute approximate surface area is 418 Å². The maximum atomic E-state index is 4.83. The second-order valence-electron chi connectivity index (χ2n) is 21.0. The molecule has 0 saturated heterocycles. The maximum absolute atomic E-state index is 4.83. The molecule has 6 heteroatoms. The Hall–Kier alpha value is -8.35. The van der Waals surface area contributed by atoms with Crippen molar-refractivity contribution in [2.75, 3.05) is 9.80 Å². The Bertz CT molecular complexity index is 3270. The summed E-state index contributed by atoms with van der Waals surface area (Å²) in [5.41, 5.74) is 22.9. The van der Waals surface area contributed by atoms with Crippen LogP contribution < -0.4 is 26.2 Å². The van der Waals surface area contributed by atoms with Crippen LogP contribution in [0.15, 0.2) is 219 Å². The van der Waals surface area contributed by atoms with E-state index in [2.05, 4.69) is 263 Å². The lowest BCUT2D eigenvalue weighted by Gasteiger charge is -2.45. The average Bonchev–Trinajstić information content (AvgIpc) is 3.40. The van der Waals surface area contributed by atoms with Crippen LogP contribution in [-0.2, 0) is 10.8 Å². The fourth-order valence-corrected chi connectivity index (χ4v) is 10.7. The summed E-state index contributed by atoms with van der Waals surface area (Å²) in [6.45, 7) is 13.8. The van der Waals surface area contributed by atoms with Crippen LogP contribution in [-0.4, -0.2) is 21.7 Å². The maximum Gasteiger partial charge on any atom is 0.252 e. The molecule has 3 heterocycles. The van der Waals surface area contributed by atoms with Gasteiger partial charge < -0.3 is 9.80 Å². The standard InChI is InChI=1S/C65H54BN5/c1-64(2,3)52-27-29-58-56(39-52)66-57-40-53(65(4,5)6)28-30-59(57)71(55-35-49(45-23-15-9-16-24-45)32-50(36-55)46-25-17-10-18-26-46)61-38-51(63-68-41-67-42-69-63)37-60(62(61)66)70(58)54-33-47(43-19-11-7-12-20-43)31-48(34-54)44-21-13-8-14-22-44/h7-42H,1-6H3. The smallest absolute Gasteiger partial charge is 0.252 e. The second-order valence-corrected chi connectivity index (χ2v) is 21.0. The summed E-state index contributed by atoms with van der Waals surface area (Å²) in [6.07, 6.45) is 3.20. The normalized spacial score (nSPS) is 12.8. The van der Waals surface area contributed by atoms with E-state index in [0.717, 1.165) is 84.2 Å². The first-order valence-corrected chi connectivity index (χ1v) is 24.7. The molecule has 0 amide bonds. The quantitative estimate of drug-likeness (QED) is 0.149.